The maximum Gasteiger partial charge on any atom is 0.245 e. The smallest absolute Gasteiger partial charge is 0.245 e. The lowest BCUT2D eigenvalue weighted by atomic mass is 10.1. The zero-order chi connectivity index (χ0) is 18.7. The number of hydrogen-bond donors (Lipinski definition) is 0. The lowest BCUT2D eigenvalue weighted by Crippen LogP contribution is -2.31. The Morgan fingerprint density at radius 2 is 1.58 bits per heavy atom. The van der Waals surface area contributed by atoms with Crippen molar-refractivity contribution in [2.45, 2.75) is 25.5 Å². The fourth-order valence-corrected chi connectivity index (χ4v) is 5.23. The molecular weight excluding hydrogens is 348 g/mol. The number of para-hydroxylation sites is 1. The highest BCUT2D eigenvalue weighted by atomic mass is 32.2. The Morgan fingerprint density at radius 1 is 0.962 bits per heavy atom. The number of rotatable bonds is 7. The van der Waals surface area contributed by atoms with Gasteiger partial charge in [0.25, 0.3) is 0 Å². The van der Waals surface area contributed by atoms with E-state index in [-0.39, 0.29) is 6.73 Å². The second-order valence-corrected chi connectivity index (χ2v) is 7.87. The molecular formula is C20H24N2O3S. The molecule has 26 heavy (non-hydrogen) atoms. The van der Waals surface area contributed by atoms with Gasteiger partial charge in [-0.3, -0.25) is 0 Å². The van der Waals surface area contributed by atoms with E-state index in [1.165, 1.54) is 4.31 Å². The van der Waals surface area contributed by atoms with Crippen molar-refractivity contribution in [1.82, 2.24) is 8.87 Å². The average Bonchev–Trinajstić information content (AvgIpc) is 2.99. The van der Waals surface area contributed by atoms with Crippen molar-refractivity contribution in [3.05, 3.63) is 54.6 Å². The van der Waals surface area contributed by atoms with Crippen LogP contribution in [0.15, 0.2) is 59.5 Å². The van der Waals surface area contributed by atoms with Gasteiger partial charge in [-0.25, -0.2) is 8.42 Å². The van der Waals surface area contributed by atoms with Gasteiger partial charge in [0.2, 0.25) is 10.0 Å². The van der Waals surface area contributed by atoms with Gasteiger partial charge in [0.05, 0.1) is 11.2 Å². The number of sulfonamides is 1. The molecule has 138 valence electrons. The first kappa shape index (κ1) is 18.6. The molecule has 0 radical (unpaired) electrons. The summed E-state index contributed by atoms with van der Waals surface area (Å²) < 4.78 is 35.8. The molecule has 5 nitrogen and oxygen atoms in total. The second kappa shape index (κ2) is 7.61. The van der Waals surface area contributed by atoms with E-state index in [4.69, 9.17) is 4.74 Å². The van der Waals surface area contributed by atoms with Crippen LogP contribution in [0.25, 0.3) is 22.2 Å². The number of fused-ring (bicyclic) bond motifs is 1. The first-order valence-corrected chi connectivity index (χ1v) is 10.2. The standard InChI is InChI=1S/C20H24N2O3S/c1-4-21(5-2)26(23,24)20-17-13-9-10-14-18(17)22(15-25-3)19(20)16-11-7-6-8-12-16/h6-14H,4-5,15H2,1-3H3. The molecule has 0 fully saturated rings. The van der Waals surface area contributed by atoms with Crippen molar-refractivity contribution in [3.8, 4) is 11.3 Å². The minimum atomic E-state index is -3.65. The molecule has 0 aliphatic carbocycles. The summed E-state index contributed by atoms with van der Waals surface area (Å²) in [5.74, 6) is 0. The quantitative estimate of drug-likeness (QED) is 0.631. The van der Waals surface area contributed by atoms with Crippen molar-refractivity contribution in [2.24, 2.45) is 0 Å². The van der Waals surface area contributed by atoms with E-state index in [2.05, 4.69) is 0 Å². The van der Waals surface area contributed by atoms with Crippen molar-refractivity contribution >= 4 is 20.9 Å². The largest absolute Gasteiger partial charge is 0.364 e. The van der Waals surface area contributed by atoms with E-state index in [9.17, 15) is 8.42 Å². The maximum atomic E-state index is 13.5. The molecule has 3 rings (SSSR count). The van der Waals surface area contributed by atoms with E-state index in [1.54, 1.807) is 7.11 Å². The van der Waals surface area contributed by atoms with Crippen LogP contribution >= 0.6 is 0 Å². The van der Waals surface area contributed by atoms with Crippen molar-refractivity contribution in [3.63, 3.8) is 0 Å². The summed E-state index contributed by atoms with van der Waals surface area (Å²) in [7, 11) is -2.03. The van der Waals surface area contributed by atoms with Crippen LogP contribution < -0.4 is 0 Å². The Labute approximate surface area is 154 Å². The highest BCUT2D eigenvalue weighted by Gasteiger charge is 2.31. The second-order valence-electron chi connectivity index (χ2n) is 6.00. The van der Waals surface area contributed by atoms with Crippen molar-refractivity contribution in [2.75, 3.05) is 20.2 Å². The van der Waals surface area contributed by atoms with Gasteiger partial charge in [0, 0.05) is 25.6 Å². The first-order chi connectivity index (χ1) is 12.6. The Kier molecular flexibility index (Phi) is 5.46. The van der Waals surface area contributed by atoms with Crippen molar-refractivity contribution < 1.29 is 13.2 Å². The summed E-state index contributed by atoms with van der Waals surface area (Å²) in [5, 5.41) is 0.718. The van der Waals surface area contributed by atoms with Crippen LogP contribution in [0.4, 0.5) is 0 Å². The highest BCUT2D eigenvalue weighted by Crippen LogP contribution is 2.38. The summed E-state index contributed by atoms with van der Waals surface area (Å²) >= 11 is 0. The van der Waals surface area contributed by atoms with E-state index in [1.807, 2.05) is 73.0 Å². The average molecular weight is 372 g/mol. The third kappa shape index (κ3) is 3.05. The number of hydrogen-bond acceptors (Lipinski definition) is 3. The van der Waals surface area contributed by atoms with E-state index < -0.39 is 10.0 Å². The van der Waals surface area contributed by atoms with E-state index >= 15 is 0 Å². The number of ether oxygens (including phenoxy) is 1. The minimum absolute atomic E-state index is 0.276. The molecule has 0 saturated carbocycles. The highest BCUT2D eigenvalue weighted by molar-refractivity contribution is 7.89. The van der Waals surface area contributed by atoms with Crippen LogP contribution in [0.5, 0.6) is 0 Å². The zero-order valence-electron chi connectivity index (χ0n) is 15.3. The molecule has 0 N–H and O–H groups in total. The van der Waals surface area contributed by atoms with Gasteiger partial charge < -0.3 is 9.30 Å². The normalized spacial score (nSPS) is 12.2. The van der Waals surface area contributed by atoms with Gasteiger partial charge in [-0.05, 0) is 11.6 Å². The Hall–Kier alpha value is -2.15. The van der Waals surface area contributed by atoms with Crippen LogP contribution in [0, 0.1) is 0 Å². The summed E-state index contributed by atoms with van der Waals surface area (Å²) in [4.78, 5) is 0.347. The van der Waals surface area contributed by atoms with Crippen LogP contribution in [0.3, 0.4) is 0 Å². The summed E-state index contributed by atoms with van der Waals surface area (Å²) in [6.45, 7) is 4.85. The third-order valence-corrected chi connectivity index (χ3v) is 6.66. The molecule has 0 aliphatic rings. The topological polar surface area (TPSA) is 51.5 Å². The van der Waals surface area contributed by atoms with E-state index in [0.29, 0.717) is 23.7 Å². The summed E-state index contributed by atoms with van der Waals surface area (Å²) in [6.07, 6.45) is 0. The number of benzene rings is 2. The molecule has 3 aromatic rings. The molecule has 1 heterocycles. The van der Waals surface area contributed by atoms with Crippen LogP contribution in [-0.2, 0) is 21.5 Å². The molecule has 1 aromatic heterocycles. The third-order valence-electron chi connectivity index (χ3n) is 4.53. The Balaban J connectivity index is 2.45. The van der Waals surface area contributed by atoms with Gasteiger partial charge in [-0.15, -0.1) is 0 Å². The van der Waals surface area contributed by atoms with Crippen LogP contribution in [-0.4, -0.2) is 37.5 Å². The molecule has 6 heteroatoms. The molecule has 2 aromatic carbocycles. The van der Waals surface area contributed by atoms with Crippen LogP contribution in [0.1, 0.15) is 13.8 Å². The van der Waals surface area contributed by atoms with Gasteiger partial charge in [-0.1, -0.05) is 62.4 Å². The summed E-state index contributed by atoms with van der Waals surface area (Å²) in [5.41, 5.74) is 2.37. The zero-order valence-corrected chi connectivity index (χ0v) is 16.2. The minimum Gasteiger partial charge on any atom is -0.364 e. The summed E-state index contributed by atoms with van der Waals surface area (Å²) in [6, 6.07) is 17.2. The number of aromatic nitrogens is 1. The molecule has 0 aliphatic heterocycles. The molecule has 0 saturated heterocycles. The fraction of sp³-hybridized carbons (Fsp3) is 0.300. The number of methoxy groups -OCH3 is 1. The number of nitrogens with zero attached hydrogens (tertiary/aromatic N) is 2. The monoisotopic (exact) mass is 372 g/mol. The molecule has 0 bridgehead atoms. The first-order valence-electron chi connectivity index (χ1n) is 8.72. The molecule has 0 unspecified atom stereocenters. The predicted octanol–water partition coefficient (Wildman–Crippen LogP) is 3.94. The van der Waals surface area contributed by atoms with Gasteiger partial charge >= 0.3 is 0 Å². The van der Waals surface area contributed by atoms with Crippen LogP contribution in [0.2, 0.25) is 0 Å². The Morgan fingerprint density at radius 3 is 2.19 bits per heavy atom. The molecule has 0 atom stereocenters. The van der Waals surface area contributed by atoms with Gasteiger partial charge in [-0.2, -0.15) is 4.31 Å². The van der Waals surface area contributed by atoms with Gasteiger partial charge in [0.1, 0.15) is 11.6 Å². The maximum absolute atomic E-state index is 13.5. The predicted molar refractivity (Wildman–Crippen MR) is 104 cm³/mol. The SMILES string of the molecule is CCN(CC)S(=O)(=O)c1c(-c2ccccc2)n(COC)c2ccccc12. The molecule has 0 spiro atoms. The lowest BCUT2D eigenvalue weighted by Gasteiger charge is -2.20. The van der Waals surface area contributed by atoms with Gasteiger partial charge in [0.15, 0.2) is 0 Å². The Bertz CT molecular complexity index is 991. The van der Waals surface area contributed by atoms with Crippen molar-refractivity contribution in [1.29, 1.82) is 0 Å². The van der Waals surface area contributed by atoms with E-state index in [0.717, 1.165) is 16.5 Å². The fourth-order valence-electron chi connectivity index (χ4n) is 3.37. The lowest BCUT2D eigenvalue weighted by molar-refractivity contribution is 0.136. The molecule has 0 amide bonds.